The van der Waals surface area contributed by atoms with Gasteiger partial charge >= 0.3 is 6.18 Å². The number of hydrogen-bond acceptors (Lipinski definition) is 4. The first-order chi connectivity index (χ1) is 10.6. The molecular formula is C15H14ClF3N2O2. The highest BCUT2D eigenvalue weighted by molar-refractivity contribution is 6.37. The molecule has 1 aliphatic rings. The molecule has 0 N–H and O–H groups in total. The predicted molar refractivity (Wildman–Crippen MR) is 78.1 cm³/mol. The minimum Gasteiger partial charge on any atom is -0.383 e. The number of carbonyl (C=O) groups excluding carboxylic acids is 2. The Labute approximate surface area is 135 Å². The molecule has 2 rings (SSSR count). The van der Waals surface area contributed by atoms with Gasteiger partial charge in [0.2, 0.25) is 5.78 Å². The molecule has 1 aromatic rings. The molecule has 0 bridgehead atoms. The third kappa shape index (κ3) is 4.10. The van der Waals surface area contributed by atoms with Gasteiger partial charge in [-0.3, -0.25) is 14.6 Å². The smallest absolute Gasteiger partial charge is 0.383 e. The number of halogens is 4. The van der Waals surface area contributed by atoms with Crippen LogP contribution in [-0.4, -0.2) is 35.5 Å². The molecule has 1 fully saturated rings. The molecule has 1 aromatic heterocycles. The van der Waals surface area contributed by atoms with Gasteiger partial charge in [0.1, 0.15) is 5.69 Å². The van der Waals surface area contributed by atoms with Crippen LogP contribution in [0.15, 0.2) is 24.0 Å². The molecule has 0 aliphatic heterocycles. The molecule has 0 aromatic carbocycles. The Bertz CT molecular complexity index is 680. The third-order valence-corrected chi connectivity index (χ3v) is 3.52. The lowest BCUT2D eigenvalue weighted by Crippen LogP contribution is -2.20. The van der Waals surface area contributed by atoms with Crippen LogP contribution in [0.4, 0.5) is 13.2 Å². The van der Waals surface area contributed by atoms with E-state index in [2.05, 4.69) is 4.98 Å². The van der Waals surface area contributed by atoms with Gasteiger partial charge in [0.05, 0.1) is 16.2 Å². The van der Waals surface area contributed by atoms with Gasteiger partial charge in [-0.05, 0) is 18.9 Å². The maximum atomic E-state index is 12.6. The van der Waals surface area contributed by atoms with Crippen molar-refractivity contribution in [1.29, 1.82) is 0 Å². The summed E-state index contributed by atoms with van der Waals surface area (Å²) in [6.45, 7) is 0. The summed E-state index contributed by atoms with van der Waals surface area (Å²) < 4.78 is 37.9. The second-order valence-electron chi connectivity index (χ2n) is 5.53. The molecule has 1 saturated carbocycles. The van der Waals surface area contributed by atoms with Gasteiger partial charge in [-0.2, -0.15) is 13.2 Å². The van der Waals surface area contributed by atoms with Crippen LogP contribution in [0.2, 0.25) is 5.02 Å². The second kappa shape index (κ2) is 6.31. The fourth-order valence-electron chi connectivity index (χ4n) is 1.95. The number of aromatic nitrogens is 1. The molecule has 23 heavy (non-hydrogen) atoms. The van der Waals surface area contributed by atoms with Crippen LogP contribution in [0.1, 0.15) is 28.9 Å². The Hall–Kier alpha value is -1.89. The number of allylic oxidation sites excluding steroid dienone is 1. The second-order valence-corrected chi connectivity index (χ2v) is 5.93. The number of hydrogen-bond donors (Lipinski definition) is 0. The fraction of sp³-hybridized carbons (Fsp3) is 0.400. The van der Waals surface area contributed by atoms with E-state index in [4.69, 9.17) is 11.6 Å². The molecule has 8 heteroatoms. The molecule has 0 atom stereocenters. The van der Waals surface area contributed by atoms with Crippen LogP contribution in [0, 0.1) is 5.92 Å². The SMILES string of the molecule is CN(C)/C=C(/C(=O)c1ncc(C(F)(F)F)cc1Cl)C(=O)C1CC1. The molecule has 0 unspecified atom stereocenters. The minimum atomic E-state index is -4.61. The zero-order chi connectivity index (χ0) is 17.4. The standard InChI is InChI=1S/C15H14ClF3N2O2/c1-21(2)7-10(13(22)8-3-4-8)14(23)12-11(16)5-9(6-20-12)15(17,18)19/h5-8H,3-4H2,1-2H3/b10-7+. The Morgan fingerprint density at radius 2 is 1.96 bits per heavy atom. The number of carbonyl (C=O) groups is 2. The number of rotatable bonds is 5. The van der Waals surface area contributed by atoms with Crippen molar-refractivity contribution < 1.29 is 22.8 Å². The summed E-state index contributed by atoms with van der Waals surface area (Å²) in [5.41, 5.74) is -1.53. The zero-order valence-electron chi connectivity index (χ0n) is 12.4. The van der Waals surface area contributed by atoms with Crippen molar-refractivity contribution in [2.45, 2.75) is 19.0 Å². The Balaban J connectivity index is 2.39. The van der Waals surface area contributed by atoms with Crippen molar-refractivity contribution in [2.24, 2.45) is 5.92 Å². The van der Waals surface area contributed by atoms with E-state index in [9.17, 15) is 22.8 Å². The van der Waals surface area contributed by atoms with Crippen molar-refractivity contribution in [3.05, 3.63) is 40.3 Å². The van der Waals surface area contributed by atoms with Crippen LogP contribution in [-0.2, 0) is 11.0 Å². The van der Waals surface area contributed by atoms with Crippen LogP contribution in [0.25, 0.3) is 0 Å². The number of nitrogens with zero attached hydrogens (tertiary/aromatic N) is 2. The van der Waals surface area contributed by atoms with Crippen molar-refractivity contribution in [3.63, 3.8) is 0 Å². The van der Waals surface area contributed by atoms with Crippen molar-refractivity contribution >= 4 is 23.2 Å². The largest absolute Gasteiger partial charge is 0.417 e. The molecule has 124 valence electrons. The maximum Gasteiger partial charge on any atom is 0.417 e. The molecule has 0 saturated heterocycles. The predicted octanol–water partition coefficient (Wildman–Crippen LogP) is 3.36. The van der Waals surface area contributed by atoms with Gasteiger partial charge in [-0.25, -0.2) is 0 Å². The Morgan fingerprint density at radius 3 is 2.39 bits per heavy atom. The lowest BCUT2D eigenvalue weighted by molar-refractivity contribution is -0.137. The maximum absolute atomic E-state index is 12.6. The van der Waals surface area contributed by atoms with E-state index >= 15 is 0 Å². The van der Waals surface area contributed by atoms with E-state index < -0.39 is 22.5 Å². The highest BCUT2D eigenvalue weighted by Gasteiger charge is 2.37. The monoisotopic (exact) mass is 346 g/mol. The first kappa shape index (κ1) is 17.5. The summed E-state index contributed by atoms with van der Waals surface area (Å²) in [6.07, 6.45) is -1.33. The molecular weight excluding hydrogens is 333 g/mol. The van der Waals surface area contributed by atoms with Gasteiger partial charge in [-0.15, -0.1) is 0 Å². The van der Waals surface area contributed by atoms with Crippen molar-refractivity contribution in [3.8, 4) is 0 Å². The van der Waals surface area contributed by atoms with E-state index in [1.165, 1.54) is 11.1 Å². The van der Waals surface area contributed by atoms with Gasteiger partial charge < -0.3 is 4.90 Å². The topological polar surface area (TPSA) is 50.3 Å². The van der Waals surface area contributed by atoms with E-state index in [0.717, 1.165) is 0 Å². The fourth-order valence-corrected chi connectivity index (χ4v) is 2.20. The molecule has 0 spiro atoms. The average Bonchev–Trinajstić information content (AvgIpc) is 3.26. The Morgan fingerprint density at radius 1 is 1.35 bits per heavy atom. The molecule has 0 amide bonds. The number of ketones is 2. The van der Waals surface area contributed by atoms with Gasteiger partial charge in [0.15, 0.2) is 5.78 Å². The highest BCUT2D eigenvalue weighted by atomic mass is 35.5. The molecule has 4 nitrogen and oxygen atoms in total. The average molecular weight is 347 g/mol. The molecule has 1 aliphatic carbocycles. The summed E-state index contributed by atoms with van der Waals surface area (Å²) in [4.78, 5) is 29.8. The summed E-state index contributed by atoms with van der Waals surface area (Å²) in [5.74, 6) is -1.31. The molecule has 1 heterocycles. The van der Waals surface area contributed by atoms with Gasteiger partial charge in [0.25, 0.3) is 0 Å². The van der Waals surface area contributed by atoms with E-state index in [1.54, 1.807) is 14.1 Å². The van der Waals surface area contributed by atoms with Crippen molar-refractivity contribution in [2.75, 3.05) is 14.1 Å². The normalized spacial score (nSPS) is 15.5. The van der Waals surface area contributed by atoms with Gasteiger partial charge in [-0.1, -0.05) is 11.6 Å². The first-order valence-electron chi connectivity index (χ1n) is 6.81. The highest BCUT2D eigenvalue weighted by Crippen LogP contribution is 2.35. The zero-order valence-corrected chi connectivity index (χ0v) is 13.2. The van der Waals surface area contributed by atoms with Crippen LogP contribution < -0.4 is 0 Å². The number of alkyl halides is 3. The summed E-state index contributed by atoms with van der Waals surface area (Å²) >= 11 is 5.78. The third-order valence-electron chi connectivity index (χ3n) is 3.23. The lowest BCUT2D eigenvalue weighted by Gasteiger charge is -2.12. The molecule has 0 radical (unpaired) electrons. The van der Waals surface area contributed by atoms with Gasteiger partial charge in [0, 0.05) is 32.4 Å². The first-order valence-corrected chi connectivity index (χ1v) is 7.19. The van der Waals surface area contributed by atoms with E-state index in [-0.39, 0.29) is 23.0 Å². The minimum absolute atomic E-state index is 0.119. The van der Waals surface area contributed by atoms with Crippen LogP contribution >= 0.6 is 11.6 Å². The quantitative estimate of drug-likeness (QED) is 0.355. The van der Waals surface area contributed by atoms with Crippen LogP contribution in [0.5, 0.6) is 0 Å². The summed E-state index contributed by atoms with van der Waals surface area (Å²) in [7, 11) is 3.27. The number of Topliss-reactive ketones (excluding diaryl/α,β-unsaturated/α-hetero) is 2. The van der Waals surface area contributed by atoms with E-state index in [0.29, 0.717) is 25.1 Å². The van der Waals surface area contributed by atoms with Crippen molar-refractivity contribution in [1.82, 2.24) is 9.88 Å². The van der Waals surface area contributed by atoms with Crippen LogP contribution in [0.3, 0.4) is 0 Å². The summed E-state index contributed by atoms with van der Waals surface area (Å²) in [5, 5.41) is -0.432. The van der Waals surface area contributed by atoms with E-state index in [1.807, 2.05) is 0 Å². The summed E-state index contributed by atoms with van der Waals surface area (Å²) in [6, 6.07) is 0.636. The lowest BCUT2D eigenvalue weighted by atomic mass is 10.0. The number of pyridine rings is 1. The Kier molecular flexibility index (Phi) is 4.79.